The van der Waals surface area contributed by atoms with E-state index in [0.717, 1.165) is 6.42 Å². The molecule has 0 amide bonds. The van der Waals surface area contributed by atoms with Crippen molar-refractivity contribution < 1.29 is 0 Å². The Morgan fingerprint density at radius 2 is 1.20 bits per heavy atom. The van der Waals surface area contributed by atoms with Gasteiger partial charge in [-0.2, -0.15) is 0 Å². The molecule has 1 unspecified atom stereocenters. The van der Waals surface area contributed by atoms with Crippen molar-refractivity contribution in [2.24, 2.45) is 5.73 Å². The molecule has 1 atom stereocenters. The van der Waals surface area contributed by atoms with Gasteiger partial charge in [0.15, 0.2) is 0 Å². The van der Waals surface area contributed by atoms with Gasteiger partial charge in [0.2, 0.25) is 0 Å². The Morgan fingerprint density at radius 3 is 1.75 bits per heavy atom. The van der Waals surface area contributed by atoms with Gasteiger partial charge >= 0.3 is 0 Å². The second-order valence-corrected chi connectivity index (χ2v) is 6.19. The zero-order chi connectivity index (χ0) is 14.9. The first kappa shape index (κ1) is 19.7. The van der Waals surface area contributed by atoms with E-state index in [1.807, 2.05) is 0 Å². The lowest BCUT2D eigenvalue weighted by Crippen LogP contribution is -2.17. The quantitative estimate of drug-likeness (QED) is 0.274. The summed E-state index contributed by atoms with van der Waals surface area (Å²) in [6.07, 6.45) is 23.5. The van der Waals surface area contributed by atoms with Gasteiger partial charge in [-0.05, 0) is 38.5 Å². The fourth-order valence-electron chi connectivity index (χ4n) is 2.50. The van der Waals surface area contributed by atoms with Crippen LogP contribution in [0.15, 0.2) is 12.2 Å². The highest BCUT2D eigenvalue weighted by Gasteiger charge is 1.97. The molecule has 0 aliphatic carbocycles. The lowest BCUT2D eigenvalue weighted by Gasteiger charge is -2.07. The maximum Gasteiger partial charge on any atom is 0.00362 e. The molecular formula is C19H39N. The van der Waals surface area contributed by atoms with Crippen LogP contribution in [0.4, 0.5) is 0 Å². The zero-order valence-electron chi connectivity index (χ0n) is 14.2. The average molecular weight is 282 g/mol. The van der Waals surface area contributed by atoms with Crippen molar-refractivity contribution in [1.82, 2.24) is 0 Å². The summed E-state index contributed by atoms with van der Waals surface area (Å²) in [6, 6.07) is 0.437. The van der Waals surface area contributed by atoms with Crippen molar-refractivity contribution >= 4 is 0 Å². The molecule has 0 fully saturated rings. The summed E-state index contributed by atoms with van der Waals surface area (Å²) in [5.41, 5.74) is 5.91. The molecule has 1 nitrogen and oxygen atoms in total. The standard InChI is InChI=1S/C19H39N/c1-3-5-6-7-8-9-10-11-12-13-14-15-16-17-18-19(20)4-2/h11-12,19H,3-10,13-18,20H2,1-2H3. The molecule has 0 heterocycles. The van der Waals surface area contributed by atoms with E-state index in [4.69, 9.17) is 5.73 Å². The van der Waals surface area contributed by atoms with E-state index in [2.05, 4.69) is 26.0 Å². The molecule has 0 radical (unpaired) electrons. The van der Waals surface area contributed by atoms with Crippen LogP contribution in [0.25, 0.3) is 0 Å². The Labute approximate surface area is 128 Å². The van der Waals surface area contributed by atoms with Crippen molar-refractivity contribution in [3.8, 4) is 0 Å². The Balaban J connectivity index is 3.09. The predicted molar refractivity (Wildman–Crippen MR) is 93.1 cm³/mol. The summed E-state index contributed by atoms with van der Waals surface area (Å²) in [7, 11) is 0. The van der Waals surface area contributed by atoms with Crippen LogP contribution in [-0.4, -0.2) is 6.04 Å². The van der Waals surface area contributed by atoms with Crippen molar-refractivity contribution in [2.75, 3.05) is 0 Å². The monoisotopic (exact) mass is 281 g/mol. The number of rotatable bonds is 15. The third kappa shape index (κ3) is 15.8. The van der Waals surface area contributed by atoms with Crippen LogP contribution in [0.3, 0.4) is 0 Å². The molecule has 0 aliphatic heterocycles. The van der Waals surface area contributed by atoms with Crippen LogP contribution >= 0.6 is 0 Å². The van der Waals surface area contributed by atoms with Gasteiger partial charge < -0.3 is 5.73 Å². The van der Waals surface area contributed by atoms with E-state index in [0.29, 0.717) is 6.04 Å². The third-order valence-corrected chi connectivity index (χ3v) is 4.11. The highest BCUT2D eigenvalue weighted by Crippen LogP contribution is 2.10. The molecule has 1 heteroatoms. The van der Waals surface area contributed by atoms with Gasteiger partial charge in [-0.1, -0.05) is 77.4 Å². The second-order valence-electron chi connectivity index (χ2n) is 6.19. The first-order chi connectivity index (χ1) is 9.81. The molecule has 2 N–H and O–H groups in total. The van der Waals surface area contributed by atoms with Crippen LogP contribution in [0, 0.1) is 0 Å². The Kier molecular flexibility index (Phi) is 16.5. The number of unbranched alkanes of at least 4 members (excludes halogenated alkanes) is 10. The van der Waals surface area contributed by atoms with Crippen molar-refractivity contribution in [3.63, 3.8) is 0 Å². The van der Waals surface area contributed by atoms with Crippen molar-refractivity contribution in [1.29, 1.82) is 0 Å². The highest BCUT2D eigenvalue weighted by molar-refractivity contribution is 4.81. The van der Waals surface area contributed by atoms with Crippen molar-refractivity contribution in [3.05, 3.63) is 12.2 Å². The first-order valence-corrected chi connectivity index (χ1v) is 9.21. The summed E-state index contributed by atoms with van der Waals surface area (Å²) < 4.78 is 0. The van der Waals surface area contributed by atoms with Gasteiger partial charge in [0.05, 0.1) is 0 Å². The van der Waals surface area contributed by atoms with E-state index in [-0.39, 0.29) is 0 Å². The molecule has 120 valence electrons. The molecule has 0 aromatic carbocycles. The number of nitrogens with two attached hydrogens (primary N) is 1. The first-order valence-electron chi connectivity index (χ1n) is 9.21. The summed E-state index contributed by atoms with van der Waals surface area (Å²) in [4.78, 5) is 0. The second kappa shape index (κ2) is 16.8. The molecule has 0 aromatic heterocycles. The largest absolute Gasteiger partial charge is 0.328 e. The fraction of sp³-hybridized carbons (Fsp3) is 0.895. The molecular weight excluding hydrogens is 242 g/mol. The molecule has 0 aliphatic rings. The predicted octanol–water partition coefficient (Wildman–Crippen LogP) is 6.37. The van der Waals surface area contributed by atoms with Crippen LogP contribution in [0.1, 0.15) is 104 Å². The summed E-state index contributed by atoms with van der Waals surface area (Å²) >= 11 is 0. The van der Waals surface area contributed by atoms with Gasteiger partial charge in [-0.15, -0.1) is 0 Å². The van der Waals surface area contributed by atoms with Crippen LogP contribution in [0.5, 0.6) is 0 Å². The third-order valence-electron chi connectivity index (χ3n) is 4.11. The Morgan fingerprint density at radius 1 is 0.700 bits per heavy atom. The molecule has 20 heavy (non-hydrogen) atoms. The highest BCUT2D eigenvalue weighted by atomic mass is 14.6. The summed E-state index contributed by atoms with van der Waals surface area (Å²) in [6.45, 7) is 4.46. The summed E-state index contributed by atoms with van der Waals surface area (Å²) in [5.74, 6) is 0. The molecule has 0 spiro atoms. The molecule has 0 rings (SSSR count). The van der Waals surface area contributed by atoms with E-state index < -0.39 is 0 Å². The Hall–Kier alpha value is -0.300. The average Bonchev–Trinajstić information content (AvgIpc) is 2.47. The fourth-order valence-corrected chi connectivity index (χ4v) is 2.50. The zero-order valence-corrected chi connectivity index (χ0v) is 14.2. The topological polar surface area (TPSA) is 26.0 Å². The maximum absolute atomic E-state index is 5.91. The molecule has 0 bridgehead atoms. The Bertz CT molecular complexity index is 198. The molecule has 0 saturated carbocycles. The minimum absolute atomic E-state index is 0.437. The van der Waals surface area contributed by atoms with Crippen molar-refractivity contribution in [2.45, 2.75) is 110 Å². The van der Waals surface area contributed by atoms with E-state index in [1.54, 1.807) is 0 Å². The van der Waals surface area contributed by atoms with Gasteiger partial charge in [0.1, 0.15) is 0 Å². The van der Waals surface area contributed by atoms with Gasteiger partial charge in [-0.25, -0.2) is 0 Å². The minimum Gasteiger partial charge on any atom is -0.328 e. The smallest absolute Gasteiger partial charge is 0.00362 e. The molecule has 0 saturated heterocycles. The number of hydrogen-bond donors (Lipinski definition) is 1. The normalized spacial score (nSPS) is 13.2. The lowest BCUT2D eigenvalue weighted by molar-refractivity contribution is 0.533. The van der Waals surface area contributed by atoms with Crippen LogP contribution in [0.2, 0.25) is 0 Å². The number of hydrogen-bond acceptors (Lipinski definition) is 1. The van der Waals surface area contributed by atoms with E-state index in [1.165, 1.54) is 83.5 Å². The maximum atomic E-state index is 5.91. The van der Waals surface area contributed by atoms with Crippen LogP contribution in [-0.2, 0) is 0 Å². The number of allylic oxidation sites excluding steroid dienone is 2. The minimum atomic E-state index is 0.437. The van der Waals surface area contributed by atoms with Crippen LogP contribution < -0.4 is 5.73 Å². The van der Waals surface area contributed by atoms with Gasteiger partial charge in [0.25, 0.3) is 0 Å². The SMILES string of the molecule is CCCCCCCCC=CCCCCCCC(N)CC. The van der Waals surface area contributed by atoms with E-state index >= 15 is 0 Å². The lowest BCUT2D eigenvalue weighted by atomic mass is 10.1. The van der Waals surface area contributed by atoms with Gasteiger partial charge in [0, 0.05) is 6.04 Å². The molecule has 0 aromatic rings. The summed E-state index contributed by atoms with van der Waals surface area (Å²) in [5, 5.41) is 0. The van der Waals surface area contributed by atoms with E-state index in [9.17, 15) is 0 Å². The van der Waals surface area contributed by atoms with Gasteiger partial charge in [-0.3, -0.25) is 0 Å².